The minimum Gasteiger partial charge on any atom is -0.493 e. The second-order valence-corrected chi connectivity index (χ2v) is 6.78. The maximum Gasteiger partial charge on any atom is 0.255 e. The zero-order valence-electron chi connectivity index (χ0n) is 15.6. The molecule has 1 fully saturated rings. The third kappa shape index (κ3) is 6.45. The summed E-state index contributed by atoms with van der Waals surface area (Å²) in [6.45, 7) is 2.14. The second kappa shape index (κ2) is 11.2. The summed E-state index contributed by atoms with van der Waals surface area (Å²) >= 11 is 6.23. The van der Waals surface area contributed by atoms with Crippen molar-refractivity contribution in [3.8, 4) is 11.5 Å². The predicted molar refractivity (Wildman–Crippen MR) is 107 cm³/mol. The Morgan fingerprint density at radius 2 is 2.00 bits per heavy atom. The standard InChI is InChI=1S/C18H26ClN3O4.ClH/c1-21-6-3-12-4-7-22(8-5-12)18(24)13-9-14(19)17(15(10-13)25-2)26-11-16(20)23;/h9-10,12,21H,3-8,11H2,1-2H3,(H2,20,23);1H. The first kappa shape index (κ1) is 23.3. The molecular weight excluding hydrogens is 393 g/mol. The lowest BCUT2D eigenvalue weighted by Crippen LogP contribution is -2.39. The molecule has 0 bridgehead atoms. The first-order valence-electron chi connectivity index (χ1n) is 8.68. The van der Waals surface area contributed by atoms with Crippen LogP contribution in [0.5, 0.6) is 11.5 Å². The number of halogens is 2. The van der Waals surface area contributed by atoms with E-state index >= 15 is 0 Å². The maximum absolute atomic E-state index is 12.8. The van der Waals surface area contributed by atoms with Gasteiger partial charge in [-0.1, -0.05) is 11.6 Å². The fourth-order valence-corrected chi connectivity index (χ4v) is 3.35. The molecule has 1 aliphatic heterocycles. The van der Waals surface area contributed by atoms with E-state index in [0.717, 1.165) is 38.9 Å². The first-order valence-corrected chi connectivity index (χ1v) is 9.06. The predicted octanol–water partition coefficient (Wildman–Crippen LogP) is 2.10. The highest BCUT2D eigenvalue weighted by molar-refractivity contribution is 6.32. The van der Waals surface area contributed by atoms with Crippen LogP contribution >= 0.6 is 24.0 Å². The Morgan fingerprint density at radius 3 is 2.56 bits per heavy atom. The summed E-state index contributed by atoms with van der Waals surface area (Å²) < 4.78 is 10.5. The molecule has 0 saturated carbocycles. The molecule has 0 radical (unpaired) electrons. The van der Waals surface area contributed by atoms with Crippen LogP contribution in [0.15, 0.2) is 12.1 Å². The van der Waals surface area contributed by atoms with Gasteiger partial charge >= 0.3 is 0 Å². The Kier molecular flexibility index (Phi) is 9.69. The van der Waals surface area contributed by atoms with Gasteiger partial charge in [0.25, 0.3) is 11.8 Å². The Labute approximate surface area is 170 Å². The molecule has 2 amide bonds. The van der Waals surface area contributed by atoms with E-state index in [-0.39, 0.29) is 35.7 Å². The maximum atomic E-state index is 12.8. The van der Waals surface area contributed by atoms with Crippen molar-refractivity contribution >= 4 is 35.8 Å². The van der Waals surface area contributed by atoms with Crippen LogP contribution in [0.3, 0.4) is 0 Å². The molecule has 2 rings (SSSR count). The summed E-state index contributed by atoms with van der Waals surface area (Å²) in [5, 5.41) is 3.37. The van der Waals surface area contributed by atoms with Gasteiger partial charge in [0.1, 0.15) is 0 Å². The van der Waals surface area contributed by atoms with Gasteiger partial charge in [-0.2, -0.15) is 0 Å². The molecule has 1 aliphatic rings. The summed E-state index contributed by atoms with van der Waals surface area (Å²) in [5.74, 6) is 0.443. The van der Waals surface area contributed by atoms with Gasteiger partial charge in [-0.3, -0.25) is 9.59 Å². The molecule has 27 heavy (non-hydrogen) atoms. The minimum atomic E-state index is -0.621. The average molecular weight is 420 g/mol. The van der Waals surface area contributed by atoms with Crippen molar-refractivity contribution in [3.05, 3.63) is 22.7 Å². The van der Waals surface area contributed by atoms with E-state index in [0.29, 0.717) is 17.2 Å². The van der Waals surface area contributed by atoms with Crippen LogP contribution < -0.4 is 20.5 Å². The van der Waals surface area contributed by atoms with Crippen molar-refractivity contribution < 1.29 is 19.1 Å². The van der Waals surface area contributed by atoms with Crippen molar-refractivity contribution in [1.82, 2.24) is 10.2 Å². The highest BCUT2D eigenvalue weighted by atomic mass is 35.5. The average Bonchev–Trinajstić information content (AvgIpc) is 2.64. The van der Waals surface area contributed by atoms with E-state index < -0.39 is 5.91 Å². The number of nitrogens with one attached hydrogen (secondary N) is 1. The van der Waals surface area contributed by atoms with Gasteiger partial charge in [0.15, 0.2) is 18.1 Å². The van der Waals surface area contributed by atoms with E-state index in [4.69, 9.17) is 26.8 Å². The normalized spacial score (nSPS) is 14.4. The molecule has 1 heterocycles. The Balaban J connectivity index is 0.00000364. The van der Waals surface area contributed by atoms with Crippen LogP contribution in [0.25, 0.3) is 0 Å². The Hall–Kier alpha value is -1.70. The molecule has 3 N–H and O–H groups in total. The summed E-state index contributed by atoms with van der Waals surface area (Å²) in [5.41, 5.74) is 5.52. The summed E-state index contributed by atoms with van der Waals surface area (Å²) in [6.07, 6.45) is 3.13. The molecular formula is C18H27Cl2N3O4. The number of piperidine rings is 1. The number of rotatable bonds is 8. The van der Waals surface area contributed by atoms with Gasteiger partial charge in [-0.15, -0.1) is 12.4 Å². The van der Waals surface area contributed by atoms with Crippen molar-refractivity contribution in [3.63, 3.8) is 0 Å². The molecule has 1 saturated heterocycles. The van der Waals surface area contributed by atoms with E-state index in [1.54, 1.807) is 6.07 Å². The number of likely N-dealkylation sites (tertiary alicyclic amines) is 1. The van der Waals surface area contributed by atoms with E-state index in [9.17, 15) is 9.59 Å². The lowest BCUT2D eigenvalue weighted by atomic mass is 9.93. The van der Waals surface area contributed by atoms with Crippen molar-refractivity contribution in [2.24, 2.45) is 11.7 Å². The highest BCUT2D eigenvalue weighted by Gasteiger charge is 2.25. The third-order valence-corrected chi connectivity index (χ3v) is 4.82. The summed E-state index contributed by atoms with van der Waals surface area (Å²) in [4.78, 5) is 25.5. The number of amides is 2. The third-order valence-electron chi connectivity index (χ3n) is 4.54. The molecule has 7 nitrogen and oxygen atoms in total. The quantitative estimate of drug-likeness (QED) is 0.672. The minimum absolute atomic E-state index is 0. The number of hydrogen-bond acceptors (Lipinski definition) is 5. The van der Waals surface area contributed by atoms with Gasteiger partial charge in [-0.25, -0.2) is 0 Å². The second-order valence-electron chi connectivity index (χ2n) is 6.37. The van der Waals surface area contributed by atoms with Gasteiger partial charge in [-0.05, 0) is 50.9 Å². The Bertz CT molecular complexity index is 650. The lowest BCUT2D eigenvalue weighted by molar-refractivity contribution is -0.119. The molecule has 0 spiro atoms. The molecule has 0 aromatic heterocycles. The molecule has 9 heteroatoms. The summed E-state index contributed by atoms with van der Waals surface area (Å²) in [7, 11) is 3.40. The van der Waals surface area contributed by atoms with Crippen LogP contribution in [0.4, 0.5) is 0 Å². The zero-order valence-corrected chi connectivity index (χ0v) is 17.2. The van der Waals surface area contributed by atoms with Crippen molar-refractivity contribution in [2.75, 3.05) is 40.4 Å². The molecule has 1 aromatic carbocycles. The number of ether oxygens (including phenoxy) is 2. The van der Waals surface area contributed by atoms with E-state index in [1.165, 1.54) is 13.2 Å². The molecule has 0 aliphatic carbocycles. The SMILES string of the molecule is CNCCC1CCN(C(=O)c2cc(Cl)c(OCC(N)=O)c(OC)c2)CC1.Cl. The highest BCUT2D eigenvalue weighted by Crippen LogP contribution is 2.37. The fourth-order valence-electron chi connectivity index (χ4n) is 3.08. The van der Waals surface area contributed by atoms with Gasteiger partial charge in [0.2, 0.25) is 0 Å². The molecule has 1 aromatic rings. The van der Waals surface area contributed by atoms with E-state index in [2.05, 4.69) is 5.32 Å². The van der Waals surface area contributed by atoms with Gasteiger partial charge < -0.3 is 25.4 Å². The van der Waals surface area contributed by atoms with Crippen molar-refractivity contribution in [1.29, 1.82) is 0 Å². The molecule has 152 valence electrons. The van der Waals surface area contributed by atoms with Crippen molar-refractivity contribution in [2.45, 2.75) is 19.3 Å². The van der Waals surface area contributed by atoms with Crippen LogP contribution in [-0.4, -0.2) is 57.1 Å². The van der Waals surface area contributed by atoms with Crippen LogP contribution in [0.1, 0.15) is 29.6 Å². The first-order chi connectivity index (χ1) is 12.5. The number of nitrogens with zero attached hydrogens (tertiary/aromatic N) is 1. The van der Waals surface area contributed by atoms with Crippen LogP contribution in [0, 0.1) is 5.92 Å². The summed E-state index contributed by atoms with van der Waals surface area (Å²) in [6, 6.07) is 3.12. The van der Waals surface area contributed by atoms with Crippen LogP contribution in [0.2, 0.25) is 5.02 Å². The van der Waals surface area contributed by atoms with Gasteiger partial charge in [0.05, 0.1) is 12.1 Å². The number of hydrogen-bond donors (Lipinski definition) is 2. The number of benzene rings is 1. The number of carbonyl (C=O) groups is 2. The molecule has 0 unspecified atom stereocenters. The number of carbonyl (C=O) groups excluding carboxylic acids is 2. The Morgan fingerprint density at radius 1 is 1.33 bits per heavy atom. The zero-order chi connectivity index (χ0) is 19.1. The monoisotopic (exact) mass is 419 g/mol. The van der Waals surface area contributed by atoms with Gasteiger partial charge in [0, 0.05) is 18.7 Å². The van der Waals surface area contributed by atoms with Crippen LogP contribution in [-0.2, 0) is 4.79 Å². The smallest absolute Gasteiger partial charge is 0.255 e. The molecule has 0 atom stereocenters. The fraction of sp³-hybridized carbons (Fsp3) is 0.556. The largest absolute Gasteiger partial charge is 0.493 e. The topological polar surface area (TPSA) is 93.9 Å². The number of primary amides is 1. The number of methoxy groups -OCH3 is 1. The number of nitrogens with two attached hydrogens (primary N) is 1. The lowest BCUT2D eigenvalue weighted by Gasteiger charge is -2.32. The van der Waals surface area contributed by atoms with E-state index in [1.807, 2.05) is 11.9 Å².